The highest BCUT2D eigenvalue weighted by atomic mass is 16.3. The zero-order valence-electron chi connectivity index (χ0n) is 12.7. The predicted octanol–water partition coefficient (Wildman–Crippen LogP) is -0.103. The monoisotopic (exact) mass is 292 g/mol. The molecule has 116 valence electrons. The number of aromatic hydroxyl groups is 1. The molecule has 0 bridgehead atoms. The SMILES string of the molecule is Cc1cc(O)cc(C)c1CC(N)C(=O)N1CCN(N)CC1. The number of phenols is 1. The van der Waals surface area contributed by atoms with Crippen molar-refractivity contribution in [3.05, 3.63) is 28.8 Å². The maximum Gasteiger partial charge on any atom is 0.239 e. The molecule has 6 heteroatoms. The molecular formula is C15H24N4O2. The van der Waals surface area contributed by atoms with Crippen molar-refractivity contribution in [1.29, 1.82) is 0 Å². The molecule has 5 N–H and O–H groups in total. The molecule has 1 unspecified atom stereocenters. The third-order valence-corrected chi connectivity index (χ3v) is 4.05. The predicted molar refractivity (Wildman–Crippen MR) is 81.6 cm³/mol. The van der Waals surface area contributed by atoms with Crippen LogP contribution in [0.2, 0.25) is 0 Å². The van der Waals surface area contributed by atoms with Crippen molar-refractivity contribution in [2.75, 3.05) is 26.2 Å². The normalized spacial score (nSPS) is 17.8. The Labute approximate surface area is 125 Å². The molecule has 0 saturated carbocycles. The largest absolute Gasteiger partial charge is 0.508 e. The van der Waals surface area contributed by atoms with E-state index in [1.165, 1.54) is 0 Å². The lowest BCUT2D eigenvalue weighted by molar-refractivity contribution is -0.134. The first-order chi connectivity index (χ1) is 9.88. The number of hydrazine groups is 1. The number of carbonyl (C=O) groups excluding carboxylic acids is 1. The van der Waals surface area contributed by atoms with Crippen LogP contribution in [0, 0.1) is 13.8 Å². The molecule has 1 aromatic carbocycles. The Bertz CT molecular complexity index is 501. The van der Waals surface area contributed by atoms with Crippen molar-refractivity contribution >= 4 is 5.91 Å². The summed E-state index contributed by atoms with van der Waals surface area (Å²) < 4.78 is 0. The molecule has 0 aromatic heterocycles. The minimum Gasteiger partial charge on any atom is -0.508 e. The number of carbonyl (C=O) groups is 1. The van der Waals surface area contributed by atoms with Crippen LogP contribution in [-0.2, 0) is 11.2 Å². The third-order valence-electron chi connectivity index (χ3n) is 4.05. The highest BCUT2D eigenvalue weighted by Gasteiger charge is 2.25. The van der Waals surface area contributed by atoms with Crippen molar-refractivity contribution < 1.29 is 9.90 Å². The van der Waals surface area contributed by atoms with Crippen LogP contribution in [0.1, 0.15) is 16.7 Å². The van der Waals surface area contributed by atoms with E-state index >= 15 is 0 Å². The van der Waals surface area contributed by atoms with Gasteiger partial charge in [-0.3, -0.25) is 10.6 Å². The van der Waals surface area contributed by atoms with Crippen LogP contribution < -0.4 is 11.6 Å². The van der Waals surface area contributed by atoms with Gasteiger partial charge in [-0.05, 0) is 49.1 Å². The lowest BCUT2D eigenvalue weighted by Crippen LogP contribution is -2.55. The van der Waals surface area contributed by atoms with E-state index in [2.05, 4.69) is 0 Å². The van der Waals surface area contributed by atoms with Crippen LogP contribution in [0.5, 0.6) is 5.75 Å². The van der Waals surface area contributed by atoms with Gasteiger partial charge >= 0.3 is 0 Å². The fraction of sp³-hybridized carbons (Fsp3) is 0.533. The van der Waals surface area contributed by atoms with Gasteiger partial charge in [-0.15, -0.1) is 0 Å². The second-order valence-corrected chi connectivity index (χ2v) is 5.73. The zero-order valence-corrected chi connectivity index (χ0v) is 12.7. The molecule has 2 rings (SSSR count). The van der Waals surface area contributed by atoms with Crippen molar-refractivity contribution in [2.24, 2.45) is 11.6 Å². The van der Waals surface area contributed by atoms with Gasteiger partial charge in [-0.25, -0.2) is 5.01 Å². The number of amides is 1. The molecule has 1 fully saturated rings. The van der Waals surface area contributed by atoms with E-state index in [9.17, 15) is 9.90 Å². The van der Waals surface area contributed by atoms with Crippen molar-refractivity contribution in [1.82, 2.24) is 9.91 Å². The molecule has 1 saturated heterocycles. The Kier molecular flexibility index (Phi) is 4.82. The summed E-state index contributed by atoms with van der Waals surface area (Å²) in [7, 11) is 0. The van der Waals surface area contributed by atoms with Gasteiger partial charge in [-0.1, -0.05) is 0 Å². The molecule has 1 atom stereocenters. The van der Waals surface area contributed by atoms with E-state index in [1.54, 1.807) is 22.0 Å². The van der Waals surface area contributed by atoms with Crippen LogP contribution in [0.4, 0.5) is 0 Å². The van der Waals surface area contributed by atoms with Gasteiger partial charge in [0.2, 0.25) is 5.91 Å². The van der Waals surface area contributed by atoms with Gasteiger partial charge in [0, 0.05) is 26.2 Å². The number of hydrogen-bond acceptors (Lipinski definition) is 5. The van der Waals surface area contributed by atoms with E-state index in [-0.39, 0.29) is 11.7 Å². The lowest BCUT2D eigenvalue weighted by Gasteiger charge is -2.33. The fourth-order valence-electron chi connectivity index (χ4n) is 2.78. The topological polar surface area (TPSA) is 95.8 Å². The smallest absolute Gasteiger partial charge is 0.239 e. The van der Waals surface area contributed by atoms with Gasteiger partial charge in [0.1, 0.15) is 5.75 Å². The van der Waals surface area contributed by atoms with Gasteiger partial charge in [-0.2, -0.15) is 0 Å². The summed E-state index contributed by atoms with van der Waals surface area (Å²) in [4.78, 5) is 14.2. The zero-order chi connectivity index (χ0) is 15.6. The van der Waals surface area contributed by atoms with Crippen LogP contribution >= 0.6 is 0 Å². The van der Waals surface area contributed by atoms with Crippen LogP contribution in [0.25, 0.3) is 0 Å². The number of rotatable bonds is 3. The van der Waals surface area contributed by atoms with Gasteiger partial charge < -0.3 is 15.7 Å². The fourth-order valence-corrected chi connectivity index (χ4v) is 2.78. The summed E-state index contributed by atoms with van der Waals surface area (Å²) >= 11 is 0. The first kappa shape index (κ1) is 15.8. The molecule has 0 aliphatic carbocycles. The first-order valence-corrected chi connectivity index (χ1v) is 7.21. The number of aryl methyl sites for hydroxylation is 2. The Morgan fingerprint density at radius 1 is 1.24 bits per heavy atom. The Morgan fingerprint density at radius 3 is 2.29 bits per heavy atom. The van der Waals surface area contributed by atoms with E-state index in [4.69, 9.17) is 11.6 Å². The number of piperazine rings is 1. The minimum atomic E-state index is -0.559. The summed E-state index contributed by atoms with van der Waals surface area (Å²) in [5.41, 5.74) is 9.05. The van der Waals surface area contributed by atoms with Crippen LogP contribution in [0.3, 0.4) is 0 Å². The molecule has 1 amide bonds. The maximum atomic E-state index is 12.4. The number of hydrogen-bond donors (Lipinski definition) is 3. The Morgan fingerprint density at radius 2 is 1.76 bits per heavy atom. The molecule has 1 aliphatic heterocycles. The number of benzene rings is 1. The number of nitrogens with two attached hydrogens (primary N) is 2. The highest BCUT2D eigenvalue weighted by molar-refractivity contribution is 5.82. The van der Waals surface area contributed by atoms with E-state index in [0.29, 0.717) is 32.6 Å². The summed E-state index contributed by atoms with van der Waals surface area (Å²) in [5.74, 6) is 5.90. The van der Waals surface area contributed by atoms with Crippen LogP contribution in [-0.4, -0.2) is 53.1 Å². The molecule has 1 heterocycles. The lowest BCUT2D eigenvalue weighted by atomic mass is 9.95. The second-order valence-electron chi connectivity index (χ2n) is 5.73. The van der Waals surface area contributed by atoms with Crippen LogP contribution in [0.15, 0.2) is 12.1 Å². The van der Waals surface area contributed by atoms with Gasteiger partial charge in [0.25, 0.3) is 0 Å². The summed E-state index contributed by atoms with van der Waals surface area (Å²) in [6.45, 7) is 6.44. The average molecular weight is 292 g/mol. The molecule has 6 nitrogen and oxygen atoms in total. The minimum absolute atomic E-state index is 0.0324. The van der Waals surface area contributed by atoms with Crippen molar-refractivity contribution in [3.63, 3.8) is 0 Å². The Balaban J connectivity index is 2.04. The van der Waals surface area contributed by atoms with E-state index < -0.39 is 6.04 Å². The van der Waals surface area contributed by atoms with Crippen molar-refractivity contribution in [3.8, 4) is 5.75 Å². The number of phenolic OH excluding ortho intramolecular Hbond substituents is 1. The molecule has 0 radical (unpaired) electrons. The molecule has 0 spiro atoms. The van der Waals surface area contributed by atoms with Crippen molar-refractivity contribution in [2.45, 2.75) is 26.3 Å². The molecular weight excluding hydrogens is 268 g/mol. The second kappa shape index (κ2) is 6.43. The van der Waals surface area contributed by atoms with Gasteiger partial charge in [0.05, 0.1) is 6.04 Å². The highest BCUT2D eigenvalue weighted by Crippen LogP contribution is 2.22. The molecule has 21 heavy (non-hydrogen) atoms. The van der Waals surface area contributed by atoms with Gasteiger partial charge in [0.15, 0.2) is 0 Å². The average Bonchev–Trinajstić information content (AvgIpc) is 2.42. The number of nitrogens with zero attached hydrogens (tertiary/aromatic N) is 2. The maximum absolute atomic E-state index is 12.4. The van der Waals surface area contributed by atoms with E-state index in [0.717, 1.165) is 16.7 Å². The molecule has 1 aliphatic rings. The first-order valence-electron chi connectivity index (χ1n) is 7.21. The summed E-state index contributed by atoms with van der Waals surface area (Å²) in [6.07, 6.45) is 0.486. The standard InChI is InChI=1S/C15H24N4O2/c1-10-7-12(20)8-11(2)13(10)9-14(16)15(21)18-3-5-19(17)6-4-18/h7-8,14,20H,3-6,9,16-17H2,1-2H3. The quantitative estimate of drug-likeness (QED) is 0.676. The summed E-state index contributed by atoms with van der Waals surface area (Å²) in [5, 5.41) is 11.3. The Hall–Kier alpha value is -1.63. The summed E-state index contributed by atoms with van der Waals surface area (Å²) in [6, 6.07) is 2.84. The molecule has 1 aromatic rings. The van der Waals surface area contributed by atoms with E-state index in [1.807, 2.05) is 13.8 Å². The third kappa shape index (κ3) is 3.72.